The third-order valence-electron chi connectivity index (χ3n) is 4.43. The van der Waals surface area contributed by atoms with Crippen LogP contribution in [0, 0.1) is 0 Å². The Balaban J connectivity index is 1.59. The Morgan fingerprint density at radius 1 is 1.38 bits per heavy atom. The van der Waals surface area contributed by atoms with Gasteiger partial charge in [-0.2, -0.15) is 0 Å². The number of hydrogen-bond donors (Lipinski definition) is 1. The molecule has 24 heavy (non-hydrogen) atoms. The summed E-state index contributed by atoms with van der Waals surface area (Å²) in [6.45, 7) is 1.38. The molecule has 1 aliphatic rings. The van der Waals surface area contributed by atoms with Gasteiger partial charge >= 0.3 is 0 Å². The van der Waals surface area contributed by atoms with Gasteiger partial charge in [0.05, 0.1) is 7.11 Å². The summed E-state index contributed by atoms with van der Waals surface area (Å²) < 4.78 is 5.33. The molecule has 1 aliphatic heterocycles. The zero-order valence-electron chi connectivity index (χ0n) is 13.4. The molecule has 3 aromatic rings. The highest BCUT2D eigenvalue weighted by Gasteiger charge is 2.23. The van der Waals surface area contributed by atoms with Crippen molar-refractivity contribution in [1.29, 1.82) is 0 Å². The molecule has 1 aromatic carbocycles. The molecule has 0 spiro atoms. The summed E-state index contributed by atoms with van der Waals surface area (Å²) in [5.41, 5.74) is 3.53. The lowest BCUT2D eigenvalue weighted by molar-refractivity contribution is -0.126. The standard InChI is InChI=1S/C19H18N2O2S/c1-23-13-4-6-17-15(11-13)16-12-21(9-8-18(16)20-17)19(22)7-5-14-3-2-10-24-14/h2-7,10-11,20H,8-9,12H2,1H3. The number of carbonyl (C=O) groups excluding carboxylic acids is 1. The van der Waals surface area contributed by atoms with Crippen LogP contribution in [0.5, 0.6) is 5.75 Å². The van der Waals surface area contributed by atoms with Gasteiger partial charge in [0.25, 0.3) is 0 Å². The van der Waals surface area contributed by atoms with E-state index in [1.54, 1.807) is 24.5 Å². The van der Waals surface area contributed by atoms with Crippen molar-refractivity contribution in [2.24, 2.45) is 0 Å². The molecule has 0 saturated carbocycles. The van der Waals surface area contributed by atoms with Crippen molar-refractivity contribution in [3.63, 3.8) is 0 Å². The first-order valence-corrected chi connectivity index (χ1v) is 8.80. The monoisotopic (exact) mass is 338 g/mol. The van der Waals surface area contributed by atoms with Crippen molar-refractivity contribution < 1.29 is 9.53 Å². The van der Waals surface area contributed by atoms with Crippen LogP contribution >= 0.6 is 11.3 Å². The first-order chi connectivity index (χ1) is 11.7. The number of rotatable bonds is 3. The Morgan fingerprint density at radius 3 is 3.08 bits per heavy atom. The minimum absolute atomic E-state index is 0.0614. The fourth-order valence-corrected chi connectivity index (χ4v) is 3.77. The van der Waals surface area contributed by atoms with E-state index in [1.165, 1.54) is 11.3 Å². The lowest BCUT2D eigenvalue weighted by Gasteiger charge is -2.26. The minimum atomic E-state index is 0.0614. The molecule has 0 unspecified atom stereocenters. The first kappa shape index (κ1) is 15.0. The van der Waals surface area contributed by atoms with E-state index >= 15 is 0 Å². The topological polar surface area (TPSA) is 45.3 Å². The number of methoxy groups -OCH3 is 1. The number of benzene rings is 1. The second-order valence-corrected chi connectivity index (χ2v) is 6.83. The minimum Gasteiger partial charge on any atom is -0.497 e. The van der Waals surface area contributed by atoms with Crippen molar-refractivity contribution in [1.82, 2.24) is 9.88 Å². The van der Waals surface area contributed by atoms with Gasteiger partial charge in [-0.25, -0.2) is 0 Å². The quantitative estimate of drug-likeness (QED) is 0.738. The van der Waals surface area contributed by atoms with E-state index in [9.17, 15) is 4.79 Å². The largest absolute Gasteiger partial charge is 0.497 e. The van der Waals surface area contributed by atoms with Gasteiger partial charge in [-0.15, -0.1) is 11.3 Å². The number of ether oxygens (including phenoxy) is 1. The van der Waals surface area contributed by atoms with Gasteiger partial charge in [-0.1, -0.05) is 6.07 Å². The number of nitrogens with one attached hydrogen (secondary N) is 1. The van der Waals surface area contributed by atoms with Crippen LogP contribution in [0.25, 0.3) is 17.0 Å². The number of fused-ring (bicyclic) bond motifs is 3. The number of carbonyl (C=O) groups is 1. The highest BCUT2D eigenvalue weighted by Crippen LogP contribution is 2.30. The Kier molecular flexibility index (Phi) is 3.86. The molecule has 3 heterocycles. The third-order valence-corrected chi connectivity index (χ3v) is 5.26. The second kappa shape index (κ2) is 6.17. The summed E-state index contributed by atoms with van der Waals surface area (Å²) in [6, 6.07) is 10.0. The predicted molar refractivity (Wildman–Crippen MR) is 97.3 cm³/mol. The normalized spacial score (nSPS) is 14.3. The first-order valence-electron chi connectivity index (χ1n) is 7.92. The Labute approximate surface area is 144 Å². The summed E-state index contributed by atoms with van der Waals surface area (Å²) in [5.74, 6) is 0.900. The van der Waals surface area contributed by atoms with Crippen LogP contribution in [-0.2, 0) is 17.8 Å². The molecule has 122 valence electrons. The number of nitrogens with zero attached hydrogens (tertiary/aromatic N) is 1. The predicted octanol–water partition coefficient (Wildman–Crippen LogP) is 3.84. The highest BCUT2D eigenvalue weighted by atomic mass is 32.1. The maximum Gasteiger partial charge on any atom is 0.246 e. The molecular formula is C19H18N2O2S. The number of aromatic amines is 1. The Morgan fingerprint density at radius 2 is 2.29 bits per heavy atom. The molecule has 4 rings (SSSR count). The number of amides is 1. The Hall–Kier alpha value is -2.53. The zero-order chi connectivity index (χ0) is 16.5. The summed E-state index contributed by atoms with van der Waals surface area (Å²) >= 11 is 1.63. The van der Waals surface area contributed by atoms with Crippen molar-refractivity contribution in [2.75, 3.05) is 13.7 Å². The fourth-order valence-electron chi connectivity index (χ4n) is 3.15. The highest BCUT2D eigenvalue weighted by molar-refractivity contribution is 7.10. The van der Waals surface area contributed by atoms with Crippen molar-refractivity contribution in [2.45, 2.75) is 13.0 Å². The van der Waals surface area contributed by atoms with Gasteiger partial charge < -0.3 is 14.6 Å². The van der Waals surface area contributed by atoms with Gasteiger partial charge in [0.1, 0.15) is 5.75 Å². The van der Waals surface area contributed by atoms with Gasteiger partial charge in [0.2, 0.25) is 5.91 Å². The summed E-state index contributed by atoms with van der Waals surface area (Å²) in [7, 11) is 1.67. The van der Waals surface area contributed by atoms with Gasteiger partial charge in [-0.3, -0.25) is 4.79 Å². The molecule has 1 N–H and O–H groups in total. The van der Waals surface area contributed by atoms with E-state index in [2.05, 4.69) is 4.98 Å². The maximum atomic E-state index is 12.5. The number of hydrogen-bond acceptors (Lipinski definition) is 3. The van der Waals surface area contributed by atoms with Crippen LogP contribution in [0.2, 0.25) is 0 Å². The summed E-state index contributed by atoms with van der Waals surface area (Å²) in [5, 5.41) is 3.15. The van der Waals surface area contributed by atoms with E-state index in [1.807, 2.05) is 46.7 Å². The molecule has 0 saturated heterocycles. The molecule has 0 fully saturated rings. The van der Waals surface area contributed by atoms with E-state index in [-0.39, 0.29) is 5.91 Å². The Bertz CT molecular complexity index is 909. The lowest BCUT2D eigenvalue weighted by Crippen LogP contribution is -2.34. The maximum absolute atomic E-state index is 12.5. The van der Waals surface area contributed by atoms with Crippen LogP contribution in [0.3, 0.4) is 0 Å². The molecule has 5 heteroatoms. The number of aromatic nitrogens is 1. The molecule has 2 aromatic heterocycles. The molecule has 0 radical (unpaired) electrons. The van der Waals surface area contributed by atoms with Gasteiger partial charge in [0.15, 0.2) is 0 Å². The fraction of sp³-hybridized carbons (Fsp3) is 0.211. The lowest BCUT2D eigenvalue weighted by atomic mass is 10.0. The summed E-state index contributed by atoms with van der Waals surface area (Å²) in [4.78, 5) is 19.0. The van der Waals surface area contributed by atoms with Gasteiger partial charge in [-0.05, 0) is 35.7 Å². The number of H-pyrrole nitrogens is 1. The summed E-state index contributed by atoms with van der Waals surface area (Å²) in [6.07, 6.45) is 4.41. The molecule has 0 bridgehead atoms. The molecule has 0 aliphatic carbocycles. The molecule has 1 amide bonds. The third kappa shape index (κ3) is 2.71. The van der Waals surface area contributed by atoms with Crippen LogP contribution in [0.4, 0.5) is 0 Å². The van der Waals surface area contributed by atoms with Crippen LogP contribution < -0.4 is 4.74 Å². The van der Waals surface area contributed by atoms with E-state index in [0.717, 1.165) is 34.5 Å². The van der Waals surface area contributed by atoms with Crippen molar-refractivity contribution >= 4 is 34.2 Å². The van der Waals surface area contributed by atoms with E-state index < -0.39 is 0 Å². The average molecular weight is 338 g/mol. The van der Waals surface area contributed by atoms with Crippen molar-refractivity contribution in [3.05, 3.63) is 57.9 Å². The van der Waals surface area contributed by atoms with Crippen molar-refractivity contribution in [3.8, 4) is 5.75 Å². The molecule has 0 atom stereocenters. The molecule has 4 nitrogen and oxygen atoms in total. The number of thiophene rings is 1. The average Bonchev–Trinajstić information content (AvgIpc) is 3.26. The second-order valence-electron chi connectivity index (χ2n) is 5.85. The molecular weight excluding hydrogens is 320 g/mol. The van der Waals surface area contributed by atoms with Crippen LogP contribution in [-0.4, -0.2) is 29.4 Å². The smallest absolute Gasteiger partial charge is 0.246 e. The van der Waals surface area contributed by atoms with Crippen LogP contribution in [0.15, 0.2) is 41.8 Å². The van der Waals surface area contributed by atoms with Crippen LogP contribution in [0.1, 0.15) is 16.1 Å². The van der Waals surface area contributed by atoms with E-state index in [4.69, 9.17) is 4.74 Å². The SMILES string of the molecule is COc1ccc2[nH]c3c(c2c1)CN(C(=O)C=Cc1cccs1)CC3. The van der Waals surface area contributed by atoms with Gasteiger partial charge in [0, 0.05) is 52.6 Å². The van der Waals surface area contributed by atoms with E-state index in [0.29, 0.717) is 6.54 Å². The zero-order valence-corrected chi connectivity index (χ0v) is 14.2.